The Bertz CT molecular complexity index is 655. The number of likely N-dealkylation sites (tertiary alicyclic amines) is 3. The standard InChI is InChI=1S/C22H39N5O2/c1-16(2)25-9-7-22(15-25)11-18(12-27(22)13-19(23)28)10-17(3)26-8-6-21(14-26)5-4-20(29)24-21/h16-18H,4-15H2,1-3H3,(H2,23,28)(H,24,29). The molecule has 0 saturated carbocycles. The van der Waals surface area contributed by atoms with Crippen LogP contribution in [0.2, 0.25) is 0 Å². The highest BCUT2D eigenvalue weighted by molar-refractivity contribution is 5.79. The third-order valence-electron chi connectivity index (χ3n) is 8.17. The van der Waals surface area contributed by atoms with Crippen LogP contribution in [-0.2, 0) is 9.59 Å². The maximum absolute atomic E-state index is 11.7. The molecular weight excluding hydrogens is 366 g/mol. The molecular formula is C22H39N5O2. The van der Waals surface area contributed by atoms with Gasteiger partial charge in [0.2, 0.25) is 11.8 Å². The number of hydrogen-bond acceptors (Lipinski definition) is 5. The van der Waals surface area contributed by atoms with Crippen LogP contribution in [-0.4, -0.2) is 88.9 Å². The molecule has 0 radical (unpaired) electrons. The number of hydrogen-bond donors (Lipinski definition) is 2. The zero-order chi connectivity index (χ0) is 20.8. The molecule has 2 spiro atoms. The van der Waals surface area contributed by atoms with Crippen LogP contribution in [0.25, 0.3) is 0 Å². The van der Waals surface area contributed by atoms with Gasteiger partial charge in [0.05, 0.1) is 12.1 Å². The Kier molecular flexibility index (Phi) is 5.68. The van der Waals surface area contributed by atoms with E-state index in [1.54, 1.807) is 0 Å². The van der Waals surface area contributed by atoms with E-state index in [0.717, 1.165) is 58.4 Å². The number of nitrogens with one attached hydrogen (secondary N) is 1. The summed E-state index contributed by atoms with van der Waals surface area (Å²) in [6.07, 6.45) is 6.21. The van der Waals surface area contributed by atoms with E-state index in [2.05, 4.69) is 40.8 Å². The van der Waals surface area contributed by atoms with Crippen molar-refractivity contribution in [3.8, 4) is 0 Å². The van der Waals surface area contributed by atoms with Gasteiger partial charge in [-0.3, -0.25) is 24.3 Å². The van der Waals surface area contributed by atoms with Crippen molar-refractivity contribution < 1.29 is 9.59 Å². The first-order valence-electron chi connectivity index (χ1n) is 11.5. The van der Waals surface area contributed by atoms with Crippen molar-refractivity contribution in [3.63, 3.8) is 0 Å². The fraction of sp³-hybridized carbons (Fsp3) is 0.909. The molecule has 4 atom stereocenters. The largest absolute Gasteiger partial charge is 0.369 e. The van der Waals surface area contributed by atoms with Crippen LogP contribution in [0.3, 0.4) is 0 Å². The van der Waals surface area contributed by atoms with Gasteiger partial charge in [0, 0.05) is 56.8 Å². The molecule has 4 rings (SSSR count). The lowest BCUT2D eigenvalue weighted by molar-refractivity contribution is -0.120. The number of carbonyl (C=O) groups is 2. The molecule has 0 aliphatic carbocycles. The molecule has 4 aliphatic rings. The minimum Gasteiger partial charge on any atom is -0.369 e. The van der Waals surface area contributed by atoms with E-state index in [9.17, 15) is 9.59 Å². The number of nitrogens with two attached hydrogens (primary N) is 1. The van der Waals surface area contributed by atoms with Crippen LogP contribution < -0.4 is 11.1 Å². The van der Waals surface area contributed by atoms with Crippen molar-refractivity contribution in [2.24, 2.45) is 11.7 Å². The van der Waals surface area contributed by atoms with Gasteiger partial charge in [-0.05, 0) is 58.8 Å². The van der Waals surface area contributed by atoms with Crippen molar-refractivity contribution in [2.75, 3.05) is 39.3 Å². The van der Waals surface area contributed by atoms with E-state index in [-0.39, 0.29) is 22.9 Å². The molecule has 7 heteroatoms. The monoisotopic (exact) mass is 405 g/mol. The van der Waals surface area contributed by atoms with E-state index in [4.69, 9.17) is 5.73 Å². The van der Waals surface area contributed by atoms with Crippen molar-refractivity contribution in [3.05, 3.63) is 0 Å². The lowest BCUT2D eigenvalue weighted by Gasteiger charge is -2.35. The molecule has 164 valence electrons. The van der Waals surface area contributed by atoms with E-state index >= 15 is 0 Å². The summed E-state index contributed by atoms with van der Waals surface area (Å²) in [5.41, 5.74) is 5.76. The highest BCUT2D eigenvalue weighted by atomic mass is 16.2. The molecule has 4 aliphatic heterocycles. The normalized spacial score (nSPS) is 37.4. The summed E-state index contributed by atoms with van der Waals surface area (Å²) >= 11 is 0. The first-order chi connectivity index (χ1) is 13.7. The lowest BCUT2D eigenvalue weighted by atomic mass is 9.88. The Morgan fingerprint density at radius 3 is 2.55 bits per heavy atom. The van der Waals surface area contributed by atoms with Gasteiger partial charge in [-0.1, -0.05) is 0 Å². The smallest absolute Gasteiger partial charge is 0.231 e. The van der Waals surface area contributed by atoms with Crippen molar-refractivity contribution in [1.29, 1.82) is 0 Å². The Morgan fingerprint density at radius 2 is 1.93 bits per heavy atom. The fourth-order valence-electron chi connectivity index (χ4n) is 6.56. The van der Waals surface area contributed by atoms with Crippen LogP contribution in [0.4, 0.5) is 0 Å². The van der Waals surface area contributed by atoms with Crippen LogP contribution in [0, 0.1) is 5.92 Å². The number of amides is 2. The van der Waals surface area contributed by atoms with E-state index in [1.807, 2.05) is 0 Å². The highest BCUT2D eigenvalue weighted by Crippen LogP contribution is 2.43. The fourth-order valence-corrected chi connectivity index (χ4v) is 6.56. The maximum Gasteiger partial charge on any atom is 0.231 e. The number of carbonyl (C=O) groups excluding carboxylic acids is 2. The molecule has 7 nitrogen and oxygen atoms in total. The topological polar surface area (TPSA) is 81.9 Å². The van der Waals surface area contributed by atoms with Gasteiger partial charge in [0.25, 0.3) is 0 Å². The zero-order valence-corrected chi connectivity index (χ0v) is 18.5. The Balaban J connectivity index is 1.38. The molecule has 29 heavy (non-hydrogen) atoms. The third kappa shape index (κ3) is 4.19. The number of rotatable bonds is 6. The van der Waals surface area contributed by atoms with Gasteiger partial charge in [-0.15, -0.1) is 0 Å². The first kappa shape index (κ1) is 21.1. The second-order valence-electron chi connectivity index (χ2n) is 10.6. The highest BCUT2D eigenvalue weighted by Gasteiger charge is 2.51. The van der Waals surface area contributed by atoms with Crippen molar-refractivity contribution in [2.45, 2.75) is 82.5 Å². The molecule has 0 bridgehead atoms. The van der Waals surface area contributed by atoms with Gasteiger partial charge in [-0.25, -0.2) is 0 Å². The minimum atomic E-state index is -0.209. The molecule has 4 fully saturated rings. The SMILES string of the molecule is CC(C)N1CCC2(CC(CC(C)N3CCC4(CCC(=O)N4)C3)CN2CC(N)=O)C1. The zero-order valence-electron chi connectivity index (χ0n) is 18.5. The quantitative estimate of drug-likeness (QED) is 0.682. The summed E-state index contributed by atoms with van der Waals surface area (Å²) in [6.45, 7) is 12.5. The van der Waals surface area contributed by atoms with Gasteiger partial charge in [0.1, 0.15) is 0 Å². The first-order valence-corrected chi connectivity index (χ1v) is 11.5. The summed E-state index contributed by atoms with van der Waals surface area (Å²) in [5.74, 6) is 0.612. The lowest BCUT2D eigenvalue weighted by Crippen LogP contribution is -2.49. The Hall–Kier alpha value is -1.18. The van der Waals surface area contributed by atoms with E-state index < -0.39 is 0 Å². The summed E-state index contributed by atoms with van der Waals surface area (Å²) in [5, 5.41) is 3.25. The predicted octanol–water partition coefficient (Wildman–Crippen LogP) is 0.780. The second kappa shape index (κ2) is 7.82. The summed E-state index contributed by atoms with van der Waals surface area (Å²) in [6, 6.07) is 1.05. The van der Waals surface area contributed by atoms with Crippen LogP contribution in [0.5, 0.6) is 0 Å². The number of nitrogens with zero attached hydrogens (tertiary/aromatic N) is 3. The average Bonchev–Trinajstić information content (AvgIpc) is 3.39. The average molecular weight is 406 g/mol. The van der Waals surface area contributed by atoms with E-state index in [1.165, 1.54) is 6.42 Å². The molecule has 0 aromatic rings. The molecule has 4 heterocycles. The van der Waals surface area contributed by atoms with E-state index in [0.29, 0.717) is 31.0 Å². The molecule has 3 N–H and O–H groups in total. The Labute approximate surface area is 175 Å². The molecule has 2 amide bonds. The summed E-state index contributed by atoms with van der Waals surface area (Å²) in [4.78, 5) is 31.0. The van der Waals surface area contributed by atoms with Crippen LogP contribution in [0.15, 0.2) is 0 Å². The van der Waals surface area contributed by atoms with Crippen LogP contribution >= 0.6 is 0 Å². The third-order valence-corrected chi connectivity index (χ3v) is 8.17. The molecule has 0 aromatic carbocycles. The van der Waals surface area contributed by atoms with Gasteiger partial charge < -0.3 is 11.1 Å². The number of primary amides is 1. The van der Waals surface area contributed by atoms with Gasteiger partial charge in [0.15, 0.2) is 0 Å². The van der Waals surface area contributed by atoms with Gasteiger partial charge >= 0.3 is 0 Å². The second-order valence-corrected chi connectivity index (χ2v) is 10.6. The van der Waals surface area contributed by atoms with Crippen LogP contribution in [0.1, 0.15) is 59.3 Å². The van der Waals surface area contributed by atoms with Crippen molar-refractivity contribution >= 4 is 11.8 Å². The minimum absolute atomic E-state index is 0.0312. The van der Waals surface area contributed by atoms with Crippen molar-refractivity contribution in [1.82, 2.24) is 20.0 Å². The Morgan fingerprint density at radius 1 is 1.17 bits per heavy atom. The van der Waals surface area contributed by atoms with Gasteiger partial charge in [-0.2, -0.15) is 0 Å². The predicted molar refractivity (Wildman–Crippen MR) is 113 cm³/mol. The molecule has 4 saturated heterocycles. The summed E-state index contributed by atoms with van der Waals surface area (Å²) < 4.78 is 0. The molecule has 0 aromatic heterocycles. The molecule has 4 unspecified atom stereocenters. The summed E-state index contributed by atoms with van der Waals surface area (Å²) in [7, 11) is 0. The maximum atomic E-state index is 11.7.